The Morgan fingerprint density at radius 1 is 1.20 bits per heavy atom. The van der Waals surface area contributed by atoms with E-state index in [2.05, 4.69) is 50.0 Å². The second-order valence-electron chi connectivity index (χ2n) is 6.13. The van der Waals surface area contributed by atoms with Gasteiger partial charge >= 0.3 is 0 Å². The molecule has 2 rings (SSSR count). The Hall–Kier alpha value is -2.59. The molecule has 4 heteroatoms. The van der Waals surface area contributed by atoms with Gasteiger partial charge in [-0.05, 0) is 49.6 Å². The lowest BCUT2D eigenvalue weighted by atomic mass is 10.0. The molecule has 132 valence electrons. The molecule has 0 spiro atoms. The van der Waals surface area contributed by atoms with Crippen LogP contribution in [0.4, 0.5) is 5.69 Å². The van der Waals surface area contributed by atoms with Gasteiger partial charge in [0.25, 0.3) is 0 Å². The highest BCUT2D eigenvalue weighted by molar-refractivity contribution is 5.70. The van der Waals surface area contributed by atoms with Crippen LogP contribution in [0.25, 0.3) is 5.70 Å². The van der Waals surface area contributed by atoms with E-state index in [0.717, 1.165) is 40.2 Å². The molecule has 0 atom stereocenters. The van der Waals surface area contributed by atoms with Crippen LogP contribution in [0.15, 0.2) is 54.0 Å². The Balaban J connectivity index is 2.02. The largest absolute Gasteiger partial charge is 0.366 e. The first-order valence-electron chi connectivity index (χ1n) is 8.48. The highest BCUT2D eigenvalue weighted by Gasteiger charge is 2.07. The third kappa shape index (κ3) is 5.47. The summed E-state index contributed by atoms with van der Waals surface area (Å²) in [5.41, 5.74) is 9.03. The summed E-state index contributed by atoms with van der Waals surface area (Å²) in [6.07, 6.45) is 1.86. The molecular formula is C21H27N3O. The van der Waals surface area contributed by atoms with Crippen LogP contribution >= 0.6 is 0 Å². The van der Waals surface area contributed by atoms with Crippen molar-refractivity contribution < 1.29 is 4.84 Å². The zero-order valence-electron chi connectivity index (χ0n) is 15.5. The van der Waals surface area contributed by atoms with Crippen LogP contribution in [0.5, 0.6) is 0 Å². The average molecular weight is 337 g/mol. The van der Waals surface area contributed by atoms with Gasteiger partial charge in [0.05, 0.1) is 24.3 Å². The van der Waals surface area contributed by atoms with Gasteiger partial charge in [0.2, 0.25) is 0 Å². The van der Waals surface area contributed by atoms with E-state index in [9.17, 15) is 0 Å². The van der Waals surface area contributed by atoms with Crippen LogP contribution in [0.3, 0.4) is 0 Å². The molecule has 0 amide bonds. The maximum Gasteiger partial charge on any atom is 0.0996 e. The Labute approximate surface area is 150 Å². The fourth-order valence-corrected chi connectivity index (χ4v) is 2.34. The van der Waals surface area contributed by atoms with Gasteiger partial charge in [0, 0.05) is 19.2 Å². The standard InChI is InChI=1S/C21H27N3O/c1-6-24(5)15-22-21-13-16(2)20(12-17(21)3)18(4)23-25-14-19-10-8-7-9-11-19/h7-13,15,23H,4,6,14H2,1-3,5H3. The third-order valence-electron chi connectivity index (χ3n) is 4.04. The SMILES string of the molecule is C=C(NOCc1ccccc1)c1cc(C)c(N=CN(C)CC)cc1C. The molecular weight excluding hydrogens is 310 g/mol. The van der Waals surface area contributed by atoms with Gasteiger partial charge in [0.15, 0.2) is 0 Å². The van der Waals surface area contributed by atoms with Gasteiger partial charge in [-0.25, -0.2) is 4.99 Å². The monoisotopic (exact) mass is 337 g/mol. The predicted octanol–water partition coefficient (Wildman–Crippen LogP) is 4.61. The maximum atomic E-state index is 5.57. The summed E-state index contributed by atoms with van der Waals surface area (Å²) in [5.74, 6) is 0. The van der Waals surface area contributed by atoms with E-state index in [-0.39, 0.29) is 0 Å². The molecule has 0 fully saturated rings. The Kier molecular flexibility index (Phi) is 6.78. The summed E-state index contributed by atoms with van der Waals surface area (Å²) >= 11 is 0. The van der Waals surface area contributed by atoms with Gasteiger partial charge in [-0.1, -0.05) is 36.9 Å². The zero-order chi connectivity index (χ0) is 18.2. The van der Waals surface area contributed by atoms with Crippen molar-refractivity contribution in [2.45, 2.75) is 27.4 Å². The minimum Gasteiger partial charge on any atom is -0.366 e. The molecule has 0 aliphatic carbocycles. The smallest absolute Gasteiger partial charge is 0.0996 e. The average Bonchev–Trinajstić information content (AvgIpc) is 2.62. The number of aryl methyl sites for hydroxylation is 2. The lowest BCUT2D eigenvalue weighted by Gasteiger charge is -2.15. The first kappa shape index (κ1) is 18.7. The molecule has 0 saturated carbocycles. The van der Waals surface area contributed by atoms with Crippen molar-refractivity contribution in [3.8, 4) is 0 Å². The minimum absolute atomic E-state index is 0.490. The van der Waals surface area contributed by atoms with Crippen molar-refractivity contribution in [1.82, 2.24) is 10.4 Å². The Morgan fingerprint density at radius 2 is 1.92 bits per heavy atom. The van der Waals surface area contributed by atoms with E-state index in [1.165, 1.54) is 0 Å². The topological polar surface area (TPSA) is 36.9 Å². The number of nitrogens with one attached hydrogen (secondary N) is 1. The van der Waals surface area contributed by atoms with Crippen molar-refractivity contribution in [1.29, 1.82) is 0 Å². The van der Waals surface area contributed by atoms with Crippen LogP contribution < -0.4 is 5.48 Å². The highest BCUT2D eigenvalue weighted by Crippen LogP contribution is 2.26. The molecule has 0 saturated heterocycles. The molecule has 0 radical (unpaired) electrons. The van der Waals surface area contributed by atoms with Crippen LogP contribution in [0.1, 0.15) is 29.2 Å². The molecule has 0 unspecified atom stereocenters. The van der Waals surface area contributed by atoms with Crippen LogP contribution in [0, 0.1) is 13.8 Å². The third-order valence-corrected chi connectivity index (χ3v) is 4.04. The molecule has 0 heterocycles. The number of hydrogen-bond acceptors (Lipinski definition) is 3. The molecule has 2 aromatic carbocycles. The summed E-state index contributed by atoms with van der Waals surface area (Å²) in [6.45, 7) is 11.7. The van der Waals surface area contributed by atoms with Crippen LogP contribution in [-0.4, -0.2) is 24.8 Å². The van der Waals surface area contributed by atoms with Gasteiger partial charge in [-0.15, -0.1) is 0 Å². The fourth-order valence-electron chi connectivity index (χ4n) is 2.34. The molecule has 0 aliphatic heterocycles. The van der Waals surface area contributed by atoms with Crippen molar-refractivity contribution >= 4 is 17.7 Å². The number of aliphatic imine (C=N–C) groups is 1. The summed E-state index contributed by atoms with van der Waals surface area (Å²) in [4.78, 5) is 12.2. The van der Waals surface area contributed by atoms with Crippen molar-refractivity contribution in [2.75, 3.05) is 13.6 Å². The molecule has 25 heavy (non-hydrogen) atoms. The number of hydroxylamine groups is 1. The summed E-state index contributed by atoms with van der Waals surface area (Å²) in [5, 5.41) is 0. The van der Waals surface area contributed by atoms with Gasteiger partial charge in [-0.2, -0.15) is 0 Å². The second-order valence-corrected chi connectivity index (χ2v) is 6.13. The molecule has 1 N–H and O–H groups in total. The fraction of sp³-hybridized carbons (Fsp3) is 0.286. The van der Waals surface area contributed by atoms with E-state index in [4.69, 9.17) is 4.84 Å². The van der Waals surface area contributed by atoms with Crippen molar-refractivity contribution in [2.24, 2.45) is 4.99 Å². The first-order valence-corrected chi connectivity index (χ1v) is 8.48. The normalized spacial score (nSPS) is 10.9. The number of rotatable bonds is 8. The predicted molar refractivity (Wildman–Crippen MR) is 106 cm³/mol. The van der Waals surface area contributed by atoms with Crippen molar-refractivity contribution in [3.05, 3.63) is 71.3 Å². The molecule has 2 aromatic rings. The maximum absolute atomic E-state index is 5.57. The second kappa shape index (κ2) is 9.04. The highest BCUT2D eigenvalue weighted by atomic mass is 16.6. The van der Waals surface area contributed by atoms with E-state index >= 15 is 0 Å². The minimum atomic E-state index is 0.490. The van der Waals surface area contributed by atoms with E-state index in [0.29, 0.717) is 6.61 Å². The van der Waals surface area contributed by atoms with Crippen LogP contribution in [0.2, 0.25) is 0 Å². The van der Waals surface area contributed by atoms with Crippen molar-refractivity contribution in [3.63, 3.8) is 0 Å². The summed E-state index contributed by atoms with van der Waals surface area (Å²) < 4.78 is 0. The summed E-state index contributed by atoms with van der Waals surface area (Å²) in [6, 6.07) is 14.2. The lowest BCUT2D eigenvalue weighted by Crippen LogP contribution is -2.14. The van der Waals surface area contributed by atoms with Crippen LogP contribution in [-0.2, 0) is 11.4 Å². The van der Waals surface area contributed by atoms with E-state index in [1.807, 2.05) is 48.6 Å². The Morgan fingerprint density at radius 3 is 2.60 bits per heavy atom. The van der Waals surface area contributed by atoms with E-state index in [1.54, 1.807) is 0 Å². The molecule has 0 aromatic heterocycles. The molecule has 0 aliphatic rings. The number of hydrogen-bond donors (Lipinski definition) is 1. The molecule has 0 bridgehead atoms. The number of benzene rings is 2. The molecule has 4 nitrogen and oxygen atoms in total. The van der Waals surface area contributed by atoms with Gasteiger partial charge in [-0.3, -0.25) is 10.3 Å². The quantitative estimate of drug-likeness (QED) is 0.434. The lowest BCUT2D eigenvalue weighted by molar-refractivity contribution is 0.0648. The zero-order valence-corrected chi connectivity index (χ0v) is 15.5. The summed E-state index contributed by atoms with van der Waals surface area (Å²) in [7, 11) is 2.01. The Bertz CT molecular complexity index is 738. The van der Waals surface area contributed by atoms with Gasteiger partial charge in [0.1, 0.15) is 0 Å². The first-order chi connectivity index (χ1) is 12.0. The van der Waals surface area contributed by atoms with E-state index < -0.39 is 0 Å². The number of nitrogens with zero attached hydrogens (tertiary/aromatic N) is 2. The van der Waals surface area contributed by atoms with Gasteiger partial charge < -0.3 is 4.90 Å².